The van der Waals surface area contributed by atoms with Crippen molar-refractivity contribution in [1.29, 1.82) is 0 Å². The van der Waals surface area contributed by atoms with E-state index in [0.717, 1.165) is 5.56 Å². The standard InChI is InChI=1S/C22H20N6O3/c1-14-5-4-6-15(11-14)21(30)23-10-9-19(29)27-17-7-2-3-8-18(17)28-20-16(12-26-28)22(31)25-13-24-20/h2-8,11-13H,9-10H2,1H3,(H,23,30)(H,27,29)(H,24,25,31). The maximum absolute atomic E-state index is 12.5. The summed E-state index contributed by atoms with van der Waals surface area (Å²) in [6, 6.07) is 14.3. The van der Waals surface area contributed by atoms with Gasteiger partial charge in [-0.25, -0.2) is 9.67 Å². The van der Waals surface area contributed by atoms with E-state index in [-0.39, 0.29) is 30.3 Å². The highest BCUT2D eigenvalue weighted by Gasteiger charge is 2.14. The van der Waals surface area contributed by atoms with E-state index >= 15 is 0 Å². The van der Waals surface area contributed by atoms with E-state index in [1.54, 1.807) is 36.4 Å². The number of para-hydroxylation sites is 2. The minimum Gasteiger partial charge on any atom is -0.352 e. The van der Waals surface area contributed by atoms with Crippen molar-refractivity contribution in [3.63, 3.8) is 0 Å². The lowest BCUT2D eigenvalue weighted by atomic mass is 10.1. The van der Waals surface area contributed by atoms with Crippen molar-refractivity contribution in [1.82, 2.24) is 25.1 Å². The molecule has 0 saturated carbocycles. The second kappa shape index (κ2) is 8.62. The second-order valence-corrected chi connectivity index (χ2v) is 6.97. The summed E-state index contributed by atoms with van der Waals surface area (Å²) in [5.41, 5.74) is 2.73. The Balaban J connectivity index is 1.44. The fraction of sp³-hybridized carbons (Fsp3) is 0.136. The molecular weight excluding hydrogens is 396 g/mol. The van der Waals surface area contributed by atoms with E-state index < -0.39 is 0 Å². The lowest BCUT2D eigenvalue weighted by molar-refractivity contribution is -0.116. The number of anilines is 1. The normalized spacial score (nSPS) is 10.7. The number of aromatic nitrogens is 4. The first-order chi connectivity index (χ1) is 15.0. The number of nitrogens with one attached hydrogen (secondary N) is 3. The Kier molecular flexibility index (Phi) is 5.57. The van der Waals surface area contributed by atoms with Crippen LogP contribution in [-0.2, 0) is 4.79 Å². The van der Waals surface area contributed by atoms with Crippen molar-refractivity contribution in [3.8, 4) is 5.69 Å². The van der Waals surface area contributed by atoms with Crippen LogP contribution in [-0.4, -0.2) is 38.1 Å². The molecule has 0 aliphatic heterocycles. The number of benzene rings is 2. The molecule has 2 aromatic carbocycles. The SMILES string of the molecule is Cc1cccc(C(=O)NCCC(=O)Nc2ccccc2-n2ncc3c(=O)[nH]cnc32)c1. The summed E-state index contributed by atoms with van der Waals surface area (Å²) in [6.45, 7) is 2.11. The molecule has 3 N–H and O–H groups in total. The molecule has 0 atom stereocenters. The highest BCUT2D eigenvalue weighted by atomic mass is 16.2. The number of hydrogen-bond donors (Lipinski definition) is 3. The molecule has 2 aromatic heterocycles. The topological polar surface area (TPSA) is 122 Å². The smallest absolute Gasteiger partial charge is 0.261 e. The van der Waals surface area contributed by atoms with Crippen LogP contribution in [0.1, 0.15) is 22.3 Å². The molecule has 0 fully saturated rings. The number of carbonyl (C=O) groups is 2. The minimum absolute atomic E-state index is 0.101. The largest absolute Gasteiger partial charge is 0.352 e. The summed E-state index contributed by atoms with van der Waals surface area (Å²) >= 11 is 0. The van der Waals surface area contributed by atoms with Crippen LogP contribution in [0.2, 0.25) is 0 Å². The van der Waals surface area contributed by atoms with Gasteiger partial charge < -0.3 is 15.6 Å². The molecule has 0 saturated heterocycles. The van der Waals surface area contributed by atoms with Gasteiger partial charge in [-0.2, -0.15) is 5.10 Å². The van der Waals surface area contributed by atoms with Gasteiger partial charge in [0.05, 0.1) is 23.9 Å². The van der Waals surface area contributed by atoms with Crippen molar-refractivity contribution >= 4 is 28.5 Å². The van der Waals surface area contributed by atoms with E-state index in [0.29, 0.717) is 28.0 Å². The number of H-pyrrole nitrogens is 1. The average molecular weight is 416 g/mol. The highest BCUT2D eigenvalue weighted by Crippen LogP contribution is 2.22. The summed E-state index contributed by atoms with van der Waals surface area (Å²) in [4.78, 5) is 43.3. The van der Waals surface area contributed by atoms with Gasteiger partial charge in [0.25, 0.3) is 11.5 Å². The van der Waals surface area contributed by atoms with Gasteiger partial charge in [-0.15, -0.1) is 0 Å². The molecular formula is C22H20N6O3. The van der Waals surface area contributed by atoms with Crippen LogP contribution in [0.3, 0.4) is 0 Å². The molecule has 0 unspecified atom stereocenters. The summed E-state index contributed by atoms with van der Waals surface area (Å²) in [7, 11) is 0. The van der Waals surface area contributed by atoms with Crippen LogP contribution in [0.15, 0.2) is 65.8 Å². The van der Waals surface area contributed by atoms with E-state index in [1.807, 2.05) is 19.1 Å². The number of fused-ring (bicyclic) bond motifs is 1. The fourth-order valence-corrected chi connectivity index (χ4v) is 3.19. The van der Waals surface area contributed by atoms with Crippen molar-refractivity contribution in [2.75, 3.05) is 11.9 Å². The molecule has 2 amide bonds. The van der Waals surface area contributed by atoms with Crippen LogP contribution in [0, 0.1) is 6.92 Å². The van der Waals surface area contributed by atoms with E-state index in [4.69, 9.17) is 0 Å². The third-order valence-corrected chi connectivity index (χ3v) is 4.70. The average Bonchev–Trinajstić information content (AvgIpc) is 3.19. The number of aromatic amines is 1. The van der Waals surface area contributed by atoms with Crippen LogP contribution in [0.4, 0.5) is 5.69 Å². The number of nitrogens with zero attached hydrogens (tertiary/aromatic N) is 3. The zero-order chi connectivity index (χ0) is 21.8. The van der Waals surface area contributed by atoms with Gasteiger partial charge in [0.2, 0.25) is 5.91 Å². The second-order valence-electron chi connectivity index (χ2n) is 6.97. The molecule has 9 heteroatoms. The van der Waals surface area contributed by atoms with Crippen molar-refractivity contribution in [3.05, 3.63) is 82.5 Å². The third kappa shape index (κ3) is 4.35. The quantitative estimate of drug-likeness (QED) is 0.445. The Morgan fingerprint density at radius 3 is 2.81 bits per heavy atom. The van der Waals surface area contributed by atoms with Gasteiger partial charge >= 0.3 is 0 Å². The van der Waals surface area contributed by atoms with Crippen LogP contribution in [0.5, 0.6) is 0 Å². The Bertz CT molecular complexity index is 1320. The summed E-state index contributed by atoms with van der Waals surface area (Å²) in [5, 5.41) is 10.2. The zero-order valence-electron chi connectivity index (χ0n) is 16.8. The van der Waals surface area contributed by atoms with E-state index in [1.165, 1.54) is 17.2 Å². The molecule has 4 rings (SSSR count). The molecule has 0 bridgehead atoms. The Hall–Kier alpha value is -4.27. The van der Waals surface area contributed by atoms with Crippen molar-refractivity contribution in [2.24, 2.45) is 0 Å². The highest BCUT2D eigenvalue weighted by molar-refractivity contribution is 5.96. The molecule has 0 aliphatic carbocycles. The maximum atomic E-state index is 12.5. The maximum Gasteiger partial charge on any atom is 0.261 e. The van der Waals surface area contributed by atoms with Gasteiger partial charge in [0.1, 0.15) is 5.39 Å². The summed E-state index contributed by atoms with van der Waals surface area (Å²) < 4.78 is 1.50. The Morgan fingerprint density at radius 1 is 1.13 bits per heavy atom. The van der Waals surface area contributed by atoms with Crippen molar-refractivity contribution < 1.29 is 9.59 Å². The first-order valence-corrected chi connectivity index (χ1v) is 9.68. The van der Waals surface area contributed by atoms with E-state index in [9.17, 15) is 14.4 Å². The zero-order valence-corrected chi connectivity index (χ0v) is 16.8. The molecule has 31 heavy (non-hydrogen) atoms. The van der Waals surface area contributed by atoms with E-state index in [2.05, 4.69) is 25.7 Å². The van der Waals surface area contributed by atoms with Gasteiger partial charge in [-0.05, 0) is 31.2 Å². The monoisotopic (exact) mass is 416 g/mol. The molecule has 2 heterocycles. The van der Waals surface area contributed by atoms with Gasteiger partial charge in [0, 0.05) is 18.5 Å². The first kappa shape index (κ1) is 20.0. The fourth-order valence-electron chi connectivity index (χ4n) is 3.19. The van der Waals surface area contributed by atoms with Crippen LogP contribution >= 0.6 is 0 Å². The van der Waals surface area contributed by atoms with Gasteiger partial charge in [-0.3, -0.25) is 14.4 Å². The molecule has 0 spiro atoms. The lowest BCUT2D eigenvalue weighted by Crippen LogP contribution is -2.27. The molecule has 0 radical (unpaired) electrons. The Morgan fingerprint density at radius 2 is 1.97 bits per heavy atom. The number of amides is 2. The molecule has 156 valence electrons. The minimum atomic E-state index is -0.290. The number of carbonyl (C=O) groups excluding carboxylic acids is 2. The number of aryl methyl sites for hydroxylation is 1. The van der Waals surface area contributed by atoms with Crippen molar-refractivity contribution in [2.45, 2.75) is 13.3 Å². The number of hydrogen-bond acceptors (Lipinski definition) is 5. The predicted molar refractivity (Wildman–Crippen MR) is 116 cm³/mol. The van der Waals surface area contributed by atoms with Crippen LogP contribution in [0.25, 0.3) is 16.7 Å². The van der Waals surface area contributed by atoms with Gasteiger partial charge in [0.15, 0.2) is 5.65 Å². The Labute approximate surface area is 177 Å². The molecule has 4 aromatic rings. The van der Waals surface area contributed by atoms with Gasteiger partial charge in [-0.1, -0.05) is 29.8 Å². The predicted octanol–water partition coefficient (Wildman–Crippen LogP) is 2.18. The summed E-state index contributed by atoms with van der Waals surface area (Å²) in [6.07, 6.45) is 2.84. The lowest BCUT2D eigenvalue weighted by Gasteiger charge is -2.12. The number of rotatable bonds is 6. The first-order valence-electron chi connectivity index (χ1n) is 9.68. The third-order valence-electron chi connectivity index (χ3n) is 4.70. The molecule has 0 aliphatic rings. The summed E-state index contributed by atoms with van der Waals surface area (Å²) in [5.74, 6) is -0.490. The molecule has 9 nitrogen and oxygen atoms in total. The van der Waals surface area contributed by atoms with Crippen LogP contribution < -0.4 is 16.2 Å².